The average molecular weight is 500 g/mol. The lowest BCUT2D eigenvalue weighted by Gasteiger charge is -2.19. The summed E-state index contributed by atoms with van der Waals surface area (Å²) in [6, 6.07) is 17.1. The highest BCUT2D eigenvalue weighted by atomic mass is 32.2. The molecule has 3 aromatic carbocycles. The number of anilines is 2. The van der Waals surface area contributed by atoms with Gasteiger partial charge in [-0.05, 0) is 55.0 Å². The van der Waals surface area contributed by atoms with E-state index in [1.165, 1.54) is 30.3 Å². The molecule has 0 saturated carbocycles. The SMILES string of the molecule is CN(CCCNC(=O)c1ccc(NS(=O)(=O)c2ccc3c(c2)OCCO3)cc1)c1ccccc1F. The van der Waals surface area contributed by atoms with Crippen LogP contribution in [0.15, 0.2) is 71.6 Å². The standard InChI is InChI=1S/C25H26FN3O5S/c1-29(22-6-3-2-5-21(22)26)14-4-13-27-25(30)18-7-9-19(10-8-18)28-35(31,32)20-11-12-23-24(17-20)34-16-15-33-23/h2-3,5-12,17,28H,4,13-16H2,1H3,(H,27,30). The number of halogens is 1. The summed E-state index contributed by atoms with van der Waals surface area (Å²) in [4.78, 5) is 14.3. The fourth-order valence-electron chi connectivity index (χ4n) is 3.60. The van der Waals surface area contributed by atoms with Crippen molar-refractivity contribution >= 4 is 27.3 Å². The van der Waals surface area contributed by atoms with E-state index in [4.69, 9.17) is 9.47 Å². The van der Waals surface area contributed by atoms with E-state index in [1.807, 2.05) is 0 Å². The number of sulfonamides is 1. The van der Waals surface area contributed by atoms with Crippen LogP contribution in [-0.4, -0.2) is 47.7 Å². The third-order valence-corrected chi connectivity index (χ3v) is 6.82. The van der Waals surface area contributed by atoms with Crippen LogP contribution in [0.25, 0.3) is 0 Å². The third kappa shape index (κ3) is 6.02. The van der Waals surface area contributed by atoms with Crippen LogP contribution in [0.5, 0.6) is 11.5 Å². The second-order valence-electron chi connectivity index (χ2n) is 7.97. The van der Waals surface area contributed by atoms with Crippen LogP contribution in [0.2, 0.25) is 0 Å². The van der Waals surface area contributed by atoms with Gasteiger partial charge in [0.1, 0.15) is 19.0 Å². The third-order valence-electron chi connectivity index (χ3n) is 5.44. The molecule has 2 N–H and O–H groups in total. The van der Waals surface area contributed by atoms with Crippen LogP contribution in [0.3, 0.4) is 0 Å². The Morgan fingerprint density at radius 2 is 1.71 bits per heavy atom. The molecule has 184 valence electrons. The number of nitrogens with zero attached hydrogens (tertiary/aromatic N) is 1. The fourth-order valence-corrected chi connectivity index (χ4v) is 4.67. The molecule has 1 amide bonds. The summed E-state index contributed by atoms with van der Waals surface area (Å²) in [6.07, 6.45) is 0.629. The van der Waals surface area contributed by atoms with E-state index in [9.17, 15) is 17.6 Å². The number of ether oxygens (including phenoxy) is 2. The predicted molar refractivity (Wildman–Crippen MR) is 131 cm³/mol. The van der Waals surface area contributed by atoms with E-state index >= 15 is 0 Å². The van der Waals surface area contributed by atoms with Crippen LogP contribution < -0.4 is 24.4 Å². The monoisotopic (exact) mass is 499 g/mol. The molecule has 0 bridgehead atoms. The number of hydrogen-bond acceptors (Lipinski definition) is 6. The van der Waals surface area contributed by atoms with Crippen LogP contribution in [0.4, 0.5) is 15.8 Å². The Balaban J connectivity index is 1.29. The fraction of sp³-hybridized carbons (Fsp3) is 0.240. The summed E-state index contributed by atoms with van der Waals surface area (Å²) < 4.78 is 52.7. The van der Waals surface area contributed by atoms with Crippen LogP contribution in [-0.2, 0) is 10.0 Å². The molecule has 0 spiro atoms. The van der Waals surface area contributed by atoms with E-state index in [2.05, 4.69) is 10.0 Å². The molecule has 4 rings (SSSR count). The number of fused-ring (bicyclic) bond motifs is 1. The lowest BCUT2D eigenvalue weighted by Crippen LogP contribution is -2.28. The maximum atomic E-state index is 13.8. The van der Waals surface area contributed by atoms with Crippen molar-refractivity contribution in [3.63, 3.8) is 0 Å². The Kier molecular flexibility index (Phi) is 7.40. The molecular weight excluding hydrogens is 473 g/mol. The van der Waals surface area contributed by atoms with Crippen molar-refractivity contribution in [2.75, 3.05) is 43.0 Å². The normalized spacial score (nSPS) is 12.6. The van der Waals surface area contributed by atoms with E-state index < -0.39 is 10.0 Å². The molecular formula is C25H26FN3O5S. The minimum absolute atomic E-state index is 0.0453. The molecule has 35 heavy (non-hydrogen) atoms. The molecule has 0 radical (unpaired) electrons. The van der Waals surface area contributed by atoms with E-state index in [1.54, 1.807) is 48.3 Å². The lowest BCUT2D eigenvalue weighted by atomic mass is 10.2. The minimum atomic E-state index is -3.85. The van der Waals surface area contributed by atoms with Gasteiger partial charge < -0.3 is 19.7 Å². The van der Waals surface area contributed by atoms with E-state index in [0.29, 0.717) is 61.2 Å². The molecule has 1 aliphatic rings. The molecule has 3 aromatic rings. The number of para-hydroxylation sites is 1. The summed E-state index contributed by atoms with van der Waals surface area (Å²) in [7, 11) is -2.05. The Bertz CT molecular complexity index is 1300. The molecule has 0 saturated heterocycles. The smallest absolute Gasteiger partial charge is 0.262 e. The molecule has 0 aromatic heterocycles. The minimum Gasteiger partial charge on any atom is -0.486 e. The van der Waals surface area contributed by atoms with Crippen molar-refractivity contribution < 1.29 is 27.1 Å². The number of carbonyl (C=O) groups excluding carboxylic acids is 1. The summed E-state index contributed by atoms with van der Waals surface area (Å²) in [5, 5.41) is 2.82. The first-order valence-corrected chi connectivity index (χ1v) is 12.6. The number of amides is 1. The number of rotatable bonds is 9. The van der Waals surface area contributed by atoms with Gasteiger partial charge in [0, 0.05) is 37.5 Å². The molecule has 1 aliphatic heterocycles. The Morgan fingerprint density at radius 3 is 2.46 bits per heavy atom. The zero-order valence-electron chi connectivity index (χ0n) is 19.2. The molecule has 0 fully saturated rings. The first kappa shape index (κ1) is 24.3. The topological polar surface area (TPSA) is 97.0 Å². The summed E-state index contributed by atoms with van der Waals surface area (Å²) in [6.45, 7) is 1.76. The van der Waals surface area contributed by atoms with Crippen molar-refractivity contribution in [2.24, 2.45) is 0 Å². The van der Waals surface area contributed by atoms with Crippen molar-refractivity contribution in [1.82, 2.24) is 5.32 Å². The zero-order chi connectivity index (χ0) is 24.8. The second-order valence-corrected chi connectivity index (χ2v) is 9.65. The number of nitrogens with one attached hydrogen (secondary N) is 2. The van der Waals surface area contributed by atoms with Crippen molar-refractivity contribution in [1.29, 1.82) is 0 Å². The Labute approximate surface area is 203 Å². The molecule has 10 heteroatoms. The average Bonchev–Trinajstić information content (AvgIpc) is 2.86. The van der Waals surface area contributed by atoms with Gasteiger partial charge >= 0.3 is 0 Å². The van der Waals surface area contributed by atoms with Gasteiger partial charge in [-0.3, -0.25) is 9.52 Å². The highest BCUT2D eigenvalue weighted by Crippen LogP contribution is 2.32. The van der Waals surface area contributed by atoms with Gasteiger partial charge in [0.25, 0.3) is 15.9 Å². The van der Waals surface area contributed by atoms with Crippen LogP contribution in [0, 0.1) is 5.82 Å². The van der Waals surface area contributed by atoms with Gasteiger partial charge in [-0.15, -0.1) is 0 Å². The molecule has 1 heterocycles. The van der Waals surface area contributed by atoms with Gasteiger partial charge in [-0.2, -0.15) is 0 Å². The van der Waals surface area contributed by atoms with E-state index in [0.717, 1.165) is 0 Å². The molecule has 0 unspecified atom stereocenters. The number of benzene rings is 3. The predicted octanol–water partition coefficient (Wildman–Crippen LogP) is 3.65. The highest BCUT2D eigenvalue weighted by molar-refractivity contribution is 7.92. The summed E-state index contributed by atoms with van der Waals surface area (Å²) >= 11 is 0. The molecule has 0 aliphatic carbocycles. The summed E-state index contributed by atoms with van der Waals surface area (Å²) in [5.74, 6) is 0.319. The van der Waals surface area contributed by atoms with Gasteiger partial charge in [-0.25, -0.2) is 12.8 Å². The maximum Gasteiger partial charge on any atom is 0.262 e. The molecule has 8 nitrogen and oxygen atoms in total. The van der Waals surface area contributed by atoms with Gasteiger partial charge in [0.15, 0.2) is 11.5 Å². The Morgan fingerprint density at radius 1 is 1.00 bits per heavy atom. The maximum absolute atomic E-state index is 13.8. The quantitative estimate of drug-likeness (QED) is 0.436. The first-order chi connectivity index (χ1) is 16.8. The number of carbonyl (C=O) groups is 1. The summed E-state index contributed by atoms with van der Waals surface area (Å²) in [5.41, 5.74) is 1.23. The van der Waals surface area contributed by atoms with Gasteiger partial charge in [0.05, 0.1) is 10.6 Å². The van der Waals surface area contributed by atoms with Gasteiger partial charge in [0.2, 0.25) is 0 Å². The van der Waals surface area contributed by atoms with Gasteiger partial charge in [-0.1, -0.05) is 12.1 Å². The first-order valence-electron chi connectivity index (χ1n) is 11.1. The van der Waals surface area contributed by atoms with E-state index in [-0.39, 0.29) is 16.6 Å². The highest BCUT2D eigenvalue weighted by Gasteiger charge is 2.19. The second kappa shape index (κ2) is 10.6. The van der Waals surface area contributed by atoms with Crippen LogP contribution >= 0.6 is 0 Å². The van der Waals surface area contributed by atoms with Crippen LogP contribution in [0.1, 0.15) is 16.8 Å². The van der Waals surface area contributed by atoms with Crippen molar-refractivity contribution in [2.45, 2.75) is 11.3 Å². The lowest BCUT2D eigenvalue weighted by molar-refractivity contribution is 0.0953. The number of hydrogen-bond donors (Lipinski definition) is 2. The molecule has 0 atom stereocenters. The largest absolute Gasteiger partial charge is 0.486 e. The Hall–Kier alpha value is -3.79. The van der Waals surface area contributed by atoms with Crippen molar-refractivity contribution in [3.8, 4) is 11.5 Å². The van der Waals surface area contributed by atoms with Crippen molar-refractivity contribution in [3.05, 3.63) is 78.1 Å². The zero-order valence-corrected chi connectivity index (χ0v) is 20.0.